The first kappa shape index (κ1) is 13.0. The van der Waals surface area contributed by atoms with Crippen molar-refractivity contribution < 1.29 is 4.79 Å². The van der Waals surface area contributed by atoms with E-state index < -0.39 is 0 Å². The summed E-state index contributed by atoms with van der Waals surface area (Å²) in [6, 6.07) is 0. The summed E-state index contributed by atoms with van der Waals surface area (Å²) in [7, 11) is 1.86. The summed E-state index contributed by atoms with van der Waals surface area (Å²) in [5, 5.41) is 8.11. The Labute approximate surface area is 99.9 Å². The average molecular weight is 245 g/mol. The molecule has 5 nitrogen and oxygen atoms in total. The third-order valence-corrected chi connectivity index (χ3v) is 2.82. The molecule has 0 spiro atoms. The second-order valence-electron chi connectivity index (χ2n) is 3.72. The average Bonchev–Trinajstić information content (AvgIpc) is 2.43. The predicted molar refractivity (Wildman–Crippen MR) is 63.1 cm³/mol. The Morgan fingerprint density at radius 1 is 1.62 bits per heavy atom. The number of aryl methyl sites for hydroxylation is 2. The van der Waals surface area contributed by atoms with Crippen molar-refractivity contribution in [2.24, 2.45) is 12.8 Å². The summed E-state index contributed by atoms with van der Waals surface area (Å²) in [4.78, 5) is 10.5. The van der Waals surface area contributed by atoms with E-state index in [-0.39, 0.29) is 5.91 Å². The van der Waals surface area contributed by atoms with Gasteiger partial charge in [-0.2, -0.15) is 5.10 Å². The number of aromatic nitrogens is 2. The summed E-state index contributed by atoms with van der Waals surface area (Å²) in [5.41, 5.74) is 6.82. The van der Waals surface area contributed by atoms with Crippen molar-refractivity contribution in [1.29, 1.82) is 0 Å². The van der Waals surface area contributed by atoms with Crippen molar-refractivity contribution in [3.63, 3.8) is 0 Å². The molecular weight excluding hydrogens is 228 g/mol. The molecule has 0 saturated carbocycles. The zero-order valence-corrected chi connectivity index (χ0v) is 10.3. The van der Waals surface area contributed by atoms with Crippen molar-refractivity contribution in [2.45, 2.75) is 26.3 Å². The van der Waals surface area contributed by atoms with Gasteiger partial charge in [-0.05, 0) is 19.9 Å². The summed E-state index contributed by atoms with van der Waals surface area (Å²) in [5.74, 6) is -0.267. The van der Waals surface area contributed by atoms with Crippen LogP contribution < -0.4 is 11.1 Å². The van der Waals surface area contributed by atoms with Crippen LogP contribution in [0.5, 0.6) is 0 Å². The molecule has 0 saturated heterocycles. The summed E-state index contributed by atoms with van der Waals surface area (Å²) in [6.45, 7) is 3.26. The van der Waals surface area contributed by atoms with Gasteiger partial charge in [-0.3, -0.25) is 9.48 Å². The normalized spacial score (nSPS) is 10.7. The quantitative estimate of drug-likeness (QED) is 0.725. The maximum Gasteiger partial charge on any atom is 0.217 e. The molecule has 90 valence electrons. The van der Waals surface area contributed by atoms with Gasteiger partial charge in [0.1, 0.15) is 0 Å². The maximum atomic E-state index is 10.5. The van der Waals surface area contributed by atoms with Crippen LogP contribution in [0.2, 0.25) is 5.02 Å². The molecule has 0 aliphatic rings. The highest BCUT2D eigenvalue weighted by molar-refractivity contribution is 6.31. The van der Waals surface area contributed by atoms with Crippen LogP contribution >= 0.6 is 11.6 Å². The minimum atomic E-state index is -0.267. The van der Waals surface area contributed by atoms with Crippen LogP contribution in [0.15, 0.2) is 0 Å². The predicted octanol–water partition coefficient (Wildman–Crippen LogP) is 0.737. The third kappa shape index (κ3) is 3.50. The van der Waals surface area contributed by atoms with E-state index in [1.54, 1.807) is 4.68 Å². The molecule has 1 aromatic rings. The lowest BCUT2D eigenvalue weighted by molar-refractivity contribution is -0.118. The number of nitrogens with two attached hydrogens (primary N) is 1. The van der Waals surface area contributed by atoms with E-state index in [0.29, 0.717) is 18.0 Å². The van der Waals surface area contributed by atoms with Crippen molar-refractivity contribution in [1.82, 2.24) is 15.1 Å². The van der Waals surface area contributed by atoms with Gasteiger partial charge in [-0.1, -0.05) is 11.6 Å². The highest BCUT2D eigenvalue weighted by Gasteiger charge is 2.09. The Bertz CT molecular complexity index is 375. The first-order chi connectivity index (χ1) is 7.52. The van der Waals surface area contributed by atoms with Crippen LogP contribution in [0.25, 0.3) is 0 Å². The molecule has 3 N–H and O–H groups in total. The van der Waals surface area contributed by atoms with Gasteiger partial charge in [-0.25, -0.2) is 0 Å². The van der Waals surface area contributed by atoms with Gasteiger partial charge in [0.2, 0.25) is 5.91 Å². The highest BCUT2D eigenvalue weighted by Crippen LogP contribution is 2.18. The molecule has 0 bridgehead atoms. The smallest absolute Gasteiger partial charge is 0.217 e. The van der Waals surface area contributed by atoms with Crippen molar-refractivity contribution in [3.8, 4) is 0 Å². The molecule has 1 aromatic heterocycles. The standard InChI is InChI=1S/C10H17ClN4O/c1-7-10(11)8(15(2)14-7)6-13-5-3-4-9(12)16/h13H,3-6H2,1-2H3,(H2,12,16). The van der Waals surface area contributed by atoms with Crippen LogP contribution in [-0.2, 0) is 18.4 Å². The lowest BCUT2D eigenvalue weighted by atomic mass is 10.3. The maximum absolute atomic E-state index is 10.5. The molecule has 1 rings (SSSR count). The summed E-state index contributed by atoms with van der Waals surface area (Å²) < 4.78 is 1.76. The number of nitrogens with one attached hydrogen (secondary N) is 1. The van der Waals surface area contributed by atoms with Crippen molar-refractivity contribution in [2.75, 3.05) is 6.54 Å². The molecule has 0 fully saturated rings. The number of rotatable bonds is 6. The topological polar surface area (TPSA) is 72.9 Å². The Morgan fingerprint density at radius 3 is 2.81 bits per heavy atom. The molecule has 0 atom stereocenters. The van der Waals surface area contributed by atoms with E-state index in [0.717, 1.165) is 24.4 Å². The van der Waals surface area contributed by atoms with Gasteiger partial charge in [0.15, 0.2) is 0 Å². The van der Waals surface area contributed by atoms with Crippen LogP contribution in [-0.4, -0.2) is 22.2 Å². The van der Waals surface area contributed by atoms with Gasteiger partial charge >= 0.3 is 0 Å². The number of nitrogens with zero attached hydrogens (tertiary/aromatic N) is 2. The van der Waals surface area contributed by atoms with E-state index in [1.165, 1.54) is 0 Å². The number of carbonyl (C=O) groups excluding carboxylic acids is 1. The summed E-state index contributed by atoms with van der Waals surface area (Å²) in [6.07, 6.45) is 1.15. The van der Waals surface area contributed by atoms with Gasteiger partial charge < -0.3 is 11.1 Å². The lowest BCUT2D eigenvalue weighted by Gasteiger charge is -2.04. The van der Waals surface area contributed by atoms with Gasteiger partial charge in [0.25, 0.3) is 0 Å². The molecule has 0 aliphatic carbocycles. The van der Waals surface area contributed by atoms with Crippen molar-refractivity contribution >= 4 is 17.5 Å². The van der Waals surface area contributed by atoms with E-state index in [1.807, 2.05) is 14.0 Å². The second kappa shape index (κ2) is 5.86. The minimum absolute atomic E-state index is 0.267. The highest BCUT2D eigenvalue weighted by atomic mass is 35.5. The van der Waals surface area contributed by atoms with E-state index >= 15 is 0 Å². The first-order valence-corrected chi connectivity index (χ1v) is 5.57. The van der Waals surface area contributed by atoms with Crippen molar-refractivity contribution in [3.05, 3.63) is 16.4 Å². The van der Waals surface area contributed by atoms with Gasteiger partial charge in [0.05, 0.1) is 16.4 Å². The number of hydrogen-bond acceptors (Lipinski definition) is 3. The summed E-state index contributed by atoms with van der Waals surface area (Å²) >= 11 is 6.08. The molecule has 16 heavy (non-hydrogen) atoms. The Morgan fingerprint density at radius 2 is 2.31 bits per heavy atom. The molecule has 0 aromatic carbocycles. The monoisotopic (exact) mass is 244 g/mol. The SMILES string of the molecule is Cc1nn(C)c(CNCCCC(N)=O)c1Cl. The molecule has 1 amide bonds. The molecule has 0 radical (unpaired) electrons. The second-order valence-corrected chi connectivity index (χ2v) is 4.09. The van der Waals surface area contributed by atoms with Gasteiger partial charge in [-0.15, -0.1) is 0 Å². The fourth-order valence-electron chi connectivity index (χ4n) is 1.47. The zero-order chi connectivity index (χ0) is 12.1. The lowest BCUT2D eigenvalue weighted by Crippen LogP contribution is -2.19. The largest absolute Gasteiger partial charge is 0.370 e. The van der Waals surface area contributed by atoms with Crippen LogP contribution in [0.4, 0.5) is 0 Å². The Hall–Kier alpha value is -1.07. The first-order valence-electron chi connectivity index (χ1n) is 5.19. The number of hydrogen-bond donors (Lipinski definition) is 2. The van der Waals surface area contributed by atoms with Crippen LogP contribution in [0.3, 0.4) is 0 Å². The molecule has 0 unspecified atom stereocenters. The minimum Gasteiger partial charge on any atom is -0.370 e. The Kier molecular flexibility index (Phi) is 4.76. The number of halogens is 1. The van der Waals surface area contributed by atoms with Crippen LogP contribution in [0.1, 0.15) is 24.2 Å². The molecular formula is C10H17ClN4O. The number of amides is 1. The molecule has 6 heteroatoms. The van der Waals surface area contributed by atoms with E-state index in [4.69, 9.17) is 17.3 Å². The molecule has 1 heterocycles. The Balaban J connectivity index is 2.34. The van der Waals surface area contributed by atoms with E-state index in [2.05, 4.69) is 10.4 Å². The number of primary amides is 1. The molecule has 0 aliphatic heterocycles. The fraction of sp³-hybridized carbons (Fsp3) is 0.600. The number of carbonyl (C=O) groups is 1. The fourth-order valence-corrected chi connectivity index (χ4v) is 1.69. The zero-order valence-electron chi connectivity index (χ0n) is 9.59. The third-order valence-electron chi connectivity index (χ3n) is 2.33. The van der Waals surface area contributed by atoms with Gasteiger partial charge in [0, 0.05) is 20.0 Å². The van der Waals surface area contributed by atoms with E-state index in [9.17, 15) is 4.79 Å². The van der Waals surface area contributed by atoms with Crippen LogP contribution in [0, 0.1) is 6.92 Å².